The van der Waals surface area contributed by atoms with Crippen molar-refractivity contribution in [1.29, 1.82) is 0 Å². The molecular weight excluding hydrogens is 268 g/mol. The molecule has 1 aromatic rings. The molecule has 4 nitrogen and oxygen atoms in total. The lowest BCUT2D eigenvalue weighted by atomic mass is 10.00. The molecule has 0 aromatic carbocycles. The van der Waals surface area contributed by atoms with Crippen LogP contribution in [-0.4, -0.2) is 31.5 Å². The van der Waals surface area contributed by atoms with Crippen LogP contribution in [0.15, 0.2) is 0 Å². The predicted octanol–water partition coefficient (Wildman–Crippen LogP) is 1.26. The Morgan fingerprint density at radius 2 is 2.28 bits per heavy atom. The summed E-state index contributed by atoms with van der Waals surface area (Å²) in [4.78, 5) is 6.09. The zero-order valence-corrected chi connectivity index (χ0v) is 12.2. The van der Waals surface area contributed by atoms with E-state index < -0.39 is 15.4 Å². The summed E-state index contributed by atoms with van der Waals surface area (Å²) in [5.41, 5.74) is 0.791. The lowest BCUT2D eigenvalue weighted by molar-refractivity contribution is 0.383. The van der Waals surface area contributed by atoms with Gasteiger partial charge in [0.1, 0.15) is 5.01 Å². The number of fused-ring (bicyclic) bond motifs is 1. The Labute approximate surface area is 112 Å². The van der Waals surface area contributed by atoms with Gasteiger partial charge >= 0.3 is 0 Å². The third-order valence-electron chi connectivity index (χ3n) is 3.83. The Balaban J connectivity index is 1.99. The smallest absolute Gasteiger partial charge is 0.152 e. The molecule has 1 atom stereocenters. The van der Waals surface area contributed by atoms with E-state index in [2.05, 4.69) is 5.32 Å². The Kier molecular flexibility index (Phi) is 2.99. The molecule has 1 N–H and O–H groups in total. The van der Waals surface area contributed by atoms with Gasteiger partial charge in [0.15, 0.2) is 9.84 Å². The molecule has 0 bridgehead atoms. The third-order valence-corrected chi connectivity index (χ3v) is 6.95. The standard InChI is InChI=1S/C12H18N2O2S2/c1-2-13-12(6-7-18(15,16)8-12)11-14-9-4-3-5-10(9)17-11/h13H,2-8H2,1H3. The number of sulfone groups is 1. The van der Waals surface area contributed by atoms with Crippen LogP contribution >= 0.6 is 11.3 Å². The van der Waals surface area contributed by atoms with Crippen molar-refractivity contribution in [2.24, 2.45) is 0 Å². The summed E-state index contributed by atoms with van der Waals surface area (Å²) in [6.07, 6.45) is 4.03. The molecule has 1 aliphatic heterocycles. The van der Waals surface area contributed by atoms with Crippen LogP contribution < -0.4 is 5.32 Å². The Hall–Kier alpha value is -0.460. The molecule has 1 aliphatic carbocycles. The summed E-state index contributed by atoms with van der Waals surface area (Å²) in [6.45, 7) is 2.80. The molecule has 18 heavy (non-hydrogen) atoms. The number of hydrogen-bond acceptors (Lipinski definition) is 5. The summed E-state index contributed by atoms with van der Waals surface area (Å²) in [6, 6.07) is 0. The molecule has 100 valence electrons. The van der Waals surface area contributed by atoms with Crippen molar-refractivity contribution in [3.05, 3.63) is 15.6 Å². The summed E-state index contributed by atoms with van der Waals surface area (Å²) in [7, 11) is -2.91. The summed E-state index contributed by atoms with van der Waals surface area (Å²) in [5.74, 6) is 0.491. The first-order chi connectivity index (χ1) is 8.55. The average Bonchev–Trinajstić information content (AvgIpc) is 2.91. The minimum atomic E-state index is -2.91. The van der Waals surface area contributed by atoms with Crippen molar-refractivity contribution in [2.75, 3.05) is 18.1 Å². The van der Waals surface area contributed by atoms with Crippen molar-refractivity contribution in [3.63, 3.8) is 0 Å². The molecule has 0 amide bonds. The molecule has 1 unspecified atom stereocenters. The molecule has 2 aliphatic rings. The number of hydrogen-bond donors (Lipinski definition) is 1. The van der Waals surface area contributed by atoms with Crippen LogP contribution in [0.4, 0.5) is 0 Å². The largest absolute Gasteiger partial charge is 0.305 e. The second kappa shape index (κ2) is 4.28. The van der Waals surface area contributed by atoms with E-state index in [1.54, 1.807) is 11.3 Å². The second-order valence-electron chi connectivity index (χ2n) is 5.20. The van der Waals surface area contributed by atoms with E-state index in [0.717, 1.165) is 24.4 Å². The van der Waals surface area contributed by atoms with Gasteiger partial charge in [-0.25, -0.2) is 13.4 Å². The molecule has 0 radical (unpaired) electrons. The molecule has 0 saturated carbocycles. The molecular formula is C12H18N2O2S2. The summed E-state index contributed by atoms with van der Waals surface area (Å²) >= 11 is 1.72. The van der Waals surface area contributed by atoms with E-state index in [1.165, 1.54) is 17.0 Å². The number of thiazole rings is 1. The SMILES string of the molecule is CCNC1(c2nc3c(s2)CCC3)CCS(=O)(=O)C1. The maximum atomic E-state index is 11.8. The van der Waals surface area contributed by atoms with E-state index in [0.29, 0.717) is 6.42 Å². The summed E-state index contributed by atoms with van der Waals surface area (Å²) in [5, 5.41) is 4.38. The number of aromatic nitrogens is 1. The highest BCUT2D eigenvalue weighted by Gasteiger charge is 2.45. The molecule has 1 saturated heterocycles. The lowest BCUT2D eigenvalue weighted by Gasteiger charge is -2.26. The Morgan fingerprint density at radius 3 is 2.89 bits per heavy atom. The zero-order valence-electron chi connectivity index (χ0n) is 10.5. The van der Waals surface area contributed by atoms with E-state index in [-0.39, 0.29) is 11.5 Å². The monoisotopic (exact) mass is 286 g/mol. The lowest BCUT2D eigenvalue weighted by Crippen LogP contribution is -2.43. The number of rotatable bonds is 3. The predicted molar refractivity (Wildman–Crippen MR) is 72.8 cm³/mol. The molecule has 0 spiro atoms. The van der Waals surface area contributed by atoms with Gasteiger partial charge in [0.05, 0.1) is 22.7 Å². The van der Waals surface area contributed by atoms with Gasteiger partial charge in [-0.2, -0.15) is 0 Å². The van der Waals surface area contributed by atoms with Gasteiger partial charge in [-0.05, 0) is 32.2 Å². The third kappa shape index (κ3) is 2.00. The van der Waals surface area contributed by atoms with Crippen LogP contribution in [0.1, 0.15) is 35.3 Å². The first-order valence-electron chi connectivity index (χ1n) is 6.49. The quantitative estimate of drug-likeness (QED) is 0.908. The van der Waals surface area contributed by atoms with Gasteiger partial charge < -0.3 is 5.32 Å². The van der Waals surface area contributed by atoms with Crippen LogP contribution in [0.5, 0.6) is 0 Å². The molecule has 1 fully saturated rings. The first-order valence-corrected chi connectivity index (χ1v) is 9.13. The maximum absolute atomic E-state index is 11.8. The van der Waals surface area contributed by atoms with Gasteiger partial charge in [-0.15, -0.1) is 11.3 Å². The fraction of sp³-hybridized carbons (Fsp3) is 0.750. The van der Waals surface area contributed by atoms with Crippen molar-refractivity contribution in [3.8, 4) is 0 Å². The maximum Gasteiger partial charge on any atom is 0.152 e. The fourth-order valence-electron chi connectivity index (χ4n) is 2.97. The van der Waals surface area contributed by atoms with Crippen molar-refractivity contribution >= 4 is 21.2 Å². The highest BCUT2D eigenvalue weighted by atomic mass is 32.2. The minimum absolute atomic E-state index is 0.209. The van der Waals surface area contributed by atoms with E-state index in [4.69, 9.17) is 4.98 Å². The molecule has 1 aromatic heterocycles. The van der Waals surface area contributed by atoms with Crippen LogP contribution in [0.3, 0.4) is 0 Å². The number of nitrogens with one attached hydrogen (secondary N) is 1. The first kappa shape index (κ1) is 12.6. The van der Waals surface area contributed by atoms with E-state index >= 15 is 0 Å². The van der Waals surface area contributed by atoms with Crippen LogP contribution in [0.2, 0.25) is 0 Å². The Bertz CT molecular complexity index is 543. The van der Waals surface area contributed by atoms with Gasteiger partial charge in [-0.1, -0.05) is 6.92 Å². The van der Waals surface area contributed by atoms with Gasteiger partial charge in [-0.3, -0.25) is 0 Å². The molecule has 3 rings (SSSR count). The zero-order chi connectivity index (χ0) is 12.8. The fourth-order valence-corrected chi connectivity index (χ4v) is 6.34. The highest BCUT2D eigenvalue weighted by molar-refractivity contribution is 7.91. The van der Waals surface area contributed by atoms with Crippen molar-refractivity contribution in [2.45, 2.75) is 38.1 Å². The highest BCUT2D eigenvalue weighted by Crippen LogP contribution is 2.39. The van der Waals surface area contributed by atoms with Gasteiger partial charge in [0, 0.05) is 4.88 Å². The summed E-state index contributed by atoms with van der Waals surface area (Å²) < 4.78 is 23.6. The van der Waals surface area contributed by atoms with Crippen LogP contribution in [-0.2, 0) is 28.2 Å². The second-order valence-corrected chi connectivity index (χ2v) is 8.46. The molecule has 2 heterocycles. The number of nitrogens with zero attached hydrogens (tertiary/aromatic N) is 1. The number of aryl methyl sites for hydroxylation is 2. The van der Waals surface area contributed by atoms with Crippen molar-refractivity contribution < 1.29 is 8.42 Å². The Morgan fingerprint density at radius 1 is 1.44 bits per heavy atom. The average molecular weight is 286 g/mol. The normalized spacial score (nSPS) is 29.6. The van der Waals surface area contributed by atoms with Crippen LogP contribution in [0.25, 0.3) is 0 Å². The molecule has 6 heteroatoms. The van der Waals surface area contributed by atoms with Crippen molar-refractivity contribution in [1.82, 2.24) is 10.3 Å². The topological polar surface area (TPSA) is 59.1 Å². The van der Waals surface area contributed by atoms with Gasteiger partial charge in [0.25, 0.3) is 0 Å². The van der Waals surface area contributed by atoms with Crippen LogP contribution in [0, 0.1) is 0 Å². The van der Waals surface area contributed by atoms with Gasteiger partial charge in [0.2, 0.25) is 0 Å². The van der Waals surface area contributed by atoms with E-state index in [9.17, 15) is 8.42 Å². The minimum Gasteiger partial charge on any atom is -0.305 e. The van der Waals surface area contributed by atoms with E-state index in [1.807, 2.05) is 6.92 Å².